The number of aromatic amines is 1. The first-order valence-corrected chi connectivity index (χ1v) is 11.9. The Morgan fingerprint density at radius 3 is 2.55 bits per heavy atom. The lowest BCUT2D eigenvalue weighted by atomic mass is 10.1. The average molecular weight is 460 g/mol. The topological polar surface area (TPSA) is 99.3 Å². The lowest BCUT2D eigenvalue weighted by Crippen LogP contribution is -2.35. The van der Waals surface area contributed by atoms with Gasteiger partial charge in [0.1, 0.15) is 0 Å². The van der Waals surface area contributed by atoms with Crippen molar-refractivity contribution in [1.29, 1.82) is 0 Å². The summed E-state index contributed by atoms with van der Waals surface area (Å²) < 4.78 is 27.6. The van der Waals surface area contributed by atoms with Gasteiger partial charge in [-0.05, 0) is 42.7 Å². The Labute approximate surface area is 185 Å². The van der Waals surface area contributed by atoms with Gasteiger partial charge in [0, 0.05) is 41.6 Å². The number of rotatable bonds is 5. The molecule has 2 N–H and O–H groups in total. The van der Waals surface area contributed by atoms with Crippen LogP contribution >= 0.6 is 11.6 Å². The number of carbonyl (C=O) groups excluding carboxylic acids is 1. The summed E-state index contributed by atoms with van der Waals surface area (Å²) >= 11 is 6.14. The van der Waals surface area contributed by atoms with Gasteiger partial charge >= 0.3 is 0 Å². The SMILES string of the molecule is O=C(NCc1ccccc1Cl)c1cc(=O)[nH]c2ccc(S(=O)(=O)N3CCCCC3)cc12. The Morgan fingerprint density at radius 2 is 1.81 bits per heavy atom. The van der Waals surface area contributed by atoms with Crippen molar-refractivity contribution in [3.05, 3.63) is 75.0 Å². The summed E-state index contributed by atoms with van der Waals surface area (Å²) in [6.45, 7) is 1.15. The largest absolute Gasteiger partial charge is 0.348 e. The third-order valence-electron chi connectivity index (χ3n) is 5.41. The average Bonchev–Trinajstić information content (AvgIpc) is 2.78. The number of amides is 1. The third kappa shape index (κ3) is 4.51. The molecular formula is C22H22ClN3O4S. The van der Waals surface area contributed by atoms with E-state index in [9.17, 15) is 18.0 Å². The monoisotopic (exact) mass is 459 g/mol. The number of halogens is 1. The smallest absolute Gasteiger partial charge is 0.252 e. The van der Waals surface area contributed by atoms with Gasteiger partial charge in [0.15, 0.2) is 0 Å². The molecule has 1 aromatic heterocycles. The van der Waals surface area contributed by atoms with Gasteiger partial charge in [0.25, 0.3) is 5.91 Å². The summed E-state index contributed by atoms with van der Waals surface area (Å²) in [4.78, 5) is 27.7. The van der Waals surface area contributed by atoms with E-state index < -0.39 is 21.5 Å². The molecular weight excluding hydrogens is 438 g/mol. The van der Waals surface area contributed by atoms with E-state index in [-0.39, 0.29) is 17.0 Å². The Kier molecular flexibility index (Phi) is 6.13. The molecule has 0 spiro atoms. The van der Waals surface area contributed by atoms with Crippen LogP contribution in [-0.4, -0.2) is 36.7 Å². The molecule has 0 bridgehead atoms. The summed E-state index contributed by atoms with van der Waals surface area (Å²) in [5, 5.41) is 3.65. The van der Waals surface area contributed by atoms with Crippen molar-refractivity contribution in [1.82, 2.24) is 14.6 Å². The van der Waals surface area contributed by atoms with Crippen LogP contribution in [0.1, 0.15) is 35.2 Å². The number of hydrogen-bond acceptors (Lipinski definition) is 4. The molecule has 0 saturated carbocycles. The number of aromatic nitrogens is 1. The van der Waals surface area contributed by atoms with Gasteiger partial charge in [-0.2, -0.15) is 4.31 Å². The maximum Gasteiger partial charge on any atom is 0.252 e. The molecule has 1 aliphatic rings. The highest BCUT2D eigenvalue weighted by molar-refractivity contribution is 7.89. The fourth-order valence-electron chi connectivity index (χ4n) is 3.75. The standard InChI is InChI=1S/C22H22ClN3O4S/c23-19-7-3-2-6-15(19)14-24-22(28)18-13-21(27)25-20-9-8-16(12-17(18)20)31(29,30)26-10-4-1-5-11-26/h2-3,6-9,12-13H,1,4-5,10-11,14H2,(H,24,28)(H,25,27). The van der Waals surface area contributed by atoms with Gasteiger partial charge in [-0.1, -0.05) is 36.2 Å². The molecule has 9 heteroatoms. The van der Waals surface area contributed by atoms with E-state index in [1.54, 1.807) is 18.2 Å². The van der Waals surface area contributed by atoms with Crippen LogP contribution in [0.25, 0.3) is 10.9 Å². The maximum atomic E-state index is 13.1. The van der Waals surface area contributed by atoms with Crippen LogP contribution in [0, 0.1) is 0 Å². The van der Waals surface area contributed by atoms with Crippen LogP contribution < -0.4 is 10.9 Å². The first kappa shape index (κ1) is 21.5. The first-order valence-electron chi connectivity index (χ1n) is 10.0. The minimum atomic E-state index is -3.67. The molecule has 0 atom stereocenters. The molecule has 2 heterocycles. The van der Waals surface area contributed by atoms with Crippen LogP contribution in [-0.2, 0) is 16.6 Å². The summed E-state index contributed by atoms with van der Waals surface area (Å²) in [5.41, 5.74) is 0.802. The lowest BCUT2D eigenvalue weighted by Gasteiger charge is -2.26. The number of hydrogen-bond donors (Lipinski definition) is 2. The first-order chi connectivity index (χ1) is 14.9. The van der Waals surface area contributed by atoms with Crippen molar-refractivity contribution in [3.63, 3.8) is 0 Å². The lowest BCUT2D eigenvalue weighted by molar-refractivity contribution is 0.0952. The van der Waals surface area contributed by atoms with E-state index in [0.29, 0.717) is 29.0 Å². The zero-order chi connectivity index (χ0) is 22.0. The minimum Gasteiger partial charge on any atom is -0.348 e. The normalized spacial score (nSPS) is 15.1. The van der Waals surface area contributed by atoms with E-state index in [4.69, 9.17) is 11.6 Å². The van der Waals surface area contributed by atoms with Gasteiger partial charge in [0.2, 0.25) is 15.6 Å². The molecule has 7 nitrogen and oxygen atoms in total. The molecule has 1 fully saturated rings. The van der Waals surface area contributed by atoms with Crippen LogP contribution in [0.2, 0.25) is 5.02 Å². The molecule has 1 aliphatic heterocycles. The Morgan fingerprint density at radius 1 is 1.06 bits per heavy atom. The second-order valence-corrected chi connectivity index (χ2v) is 9.84. The highest BCUT2D eigenvalue weighted by atomic mass is 35.5. The minimum absolute atomic E-state index is 0.106. The van der Waals surface area contributed by atoms with Crippen molar-refractivity contribution in [3.8, 4) is 0 Å². The summed E-state index contributed by atoms with van der Waals surface area (Å²) in [7, 11) is -3.67. The van der Waals surface area contributed by atoms with E-state index >= 15 is 0 Å². The molecule has 2 aromatic carbocycles. The summed E-state index contributed by atoms with van der Waals surface area (Å²) in [6, 6.07) is 12.8. The second kappa shape index (κ2) is 8.82. The van der Waals surface area contributed by atoms with Crippen LogP contribution in [0.4, 0.5) is 0 Å². The van der Waals surface area contributed by atoms with Gasteiger partial charge in [-0.25, -0.2) is 8.42 Å². The number of fused-ring (bicyclic) bond motifs is 1. The zero-order valence-corrected chi connectivity index (χ0v) is 18.3. The molecule has 31 heavy (non-hydrogen) atoms. The van der Waals surface area contributed by atoms with Crippen molar-refractivity contribution in [2.24, 2.45) is 0 Å². The number of sulfonamides is 1. The van der Waals surface area contributed by atoms with Gasteiger partial charge < -0.3 is 10.3 Å². The zero-order valence-electron chi connectivity index (χ0n) is 16.7. The highest BCUT2D eigenvalue weighted by Gasteiger charge is 2.26. The Balaban J connectivity index is 1.69. The fraction of sp³-hybridized carbons (Fsp3) is 0.273. The maximum absolute atomic E-state index is 13.1. The summed E-state index contributed by atoms with van der Waals surface area (Å²) in [5.74, 6) is -0.483. The van der Waals surface area contributed by atoms with E-state index in [0.717, 1.165) is 24.8 Å². The number of benzene rings is 2. The Bertz CT molecular complexity index is 1300. The second-order valence-electron chi connectivity index (χ2n) is 7.49. The van der Waals surface area contributed by atoms with E-state index in [1.165, 1.54) is 28.6 Å². The van der Waals surface area contributed by atoms with Crippen molar-refractivity contribution in [2.45, 2.75) is 30.7 Å². The van der Waals surface area contributed by atoms with Crippen molar-refractivity contribution >= 4 is 38.4 Å². The van der Waals surface area contributed by atoms with Crippen LogP contribution in [0.3, 0.4) is 0 Å². The molecule has 1 saturated heterocycles. The number of pyridine rings is 1. The molecule has 0 unspecified atom stereocenters. The van der Waals surface area contributed by atoms with Gasteiger partial charge in [-0.15, -0.1) is 0 Å². The molecule has 0 radical (unpaired) electrons. The molecule has 3 aromatic rings. The number of nitrogens with zero attached hydrogens (tertiary/aromatic N) is 1. The van der Waals surface area contributed by atoms with Gasteiger partial charge in [-0.3, -0.25) is 9.59 Å². The number of nitrogens with one attached hydrogen (secondary N) is 2. The third-order valence-corrected chi connectivity index (χ3v) is 7.67. The molecule has 0 aliphatic carbocycles. The molecule has 162 valence electrons. The van der Waals surface area contributed by atoms with E-state index in [2.05, 4.69) is 10.3 Å². The summed E-state index contributed by atoms with van der Waals surface area (Å²) in [6.07, 6.45) is 2.67. The number of piperidine rings is 1. The molecule has 4 rings (SSSR count). The number of H-pyrrole nitrogens is 1. The van der Waals surface area contributed by atoms with Crippen LogP contribution in [0.15, 0.2) is 58.2 Å². The Hall–Kier alpha value is -2.68. The highest BCUT2D eigenvalue weighted by Crippen LogP contribution is 2.25. The fourth-order valence-corrected chi connectivity index (χ4v) is 5.49. The predicted octanol–water partition coefficient (Wildman–Crippen LogP) is 3.29. The molecule has 1 amide bonds. The number of carbonyl (C=O) groups is 1. The van der Waals surface area contributed by atoms with Crippen molar-refractivity contribution < 1.29 is 13.2 Å². The predicted molar refractivity (Wildman–Crippen MR) is 120 cm³/mol. The van der Waals surface area contributed by atoms with Gasteiger partial charge in [0.05, 0.1) is 10.5 Å². The quantitative estimate of drug-likeness (QED) is 0.611. The van der Waals surface area contributed by atoms with Crippen LogP contribution in [0.5, 0.6) is 0 Å². The van der Waals surface area contributed by atoms with E-state index in [1.807, 2.05) is 6.07 Å². The van der Waals surface area contributed by atoms with Crippen molar-refractivity contribution in [2.75, 3.05) is 13.1 Å².